The average molecular weight is 357 g/mol. The molecule has 142 valence electrons. The van der Waals surface area contributed by atoms with E-state index in [-0.39, 0.29) is 23.6 Å². The second-order valence-corrected chi connectivity index (χ2v) is 8.47. The first kappa shape index (κ1) is 18.9. The predicted molar refractivity (Wildman–Crippen MR) is 105 cm³/mol. The van der Waals surface area contributed by atoms with Crippen molar-refractivity contribution in [1.29, 1.82) is 0 Å². The molecule has 0 radical (unpaired) electrons. The molecule has 1 saturated carbocycles. The molecule has 26 heavy (non-hydrogen) atoms. The maximum absolute atomic E-state index is 13.5. The molecular formula is C21H31N3O2. The zero-order valence-corrected chi connectivity index (χ0v) is 16.3. The van der Waals surface area contributed by atoms with E-state index in [2.05, 4.69) is 20.8 Å². The van der Waals surface area contributed by atoms with Gasteiger partial charge in [0, 0.05) is 18.5 Å². The van der Waals surface area contributed by atoms with Crippen LogP contribution in [-0.4, -0.2) is 21.1 Å². The average Bonchev–Trinajstić information content (AvgIpc) is 2.85. The van der Waals surface area contributed by atoms with E-state index in [1.165, 1.54) is 4.57 Å². The van der Waals surface area contributed by atoms with Gasteiger partial charge in [-0.25, -0.2) is 9.36 Å². The minimum atomic E-state index is -0.255. The van der Waals surface area contributed by atoms with E-state index in [0.29, 0.717) is 29.8 Å². The van der Waals surface area contributed by atoms with Gasteiger partial charge in [-0.1, -0.05) is 39.3 Å². The van der Waals surface area contributed by atoms with Crippen molar-refractivity contribution in [2.75, 3.05) is 0 Å². The highest BCUT2D eigenvalue weighted by molar-refractivity contribution is 5.92. The van der Waals surface area contributed by atoms with Crippen LogP contribution >= 0.6 is 0 Å². The molecule has 0 saturated heterocycles. The number of nitrogens with zero attached hydrogens (tertiary/aromatic N) is 2. The first-order valence-corrected chi connectivity index (χ1v) is 9.81. The van der Waals surface area contributed by atoms with E-state index in [9.17, 15) is 9.59 Å². The maximum Gasteiger partial charge on any atom is 0.336 e. The molecule has 1 aromatic heterocycles. The summed E-state index contributed by atoms with van der Waals surface area (Å²) in [5.74, 6) is 1.16. The second kappa shape index (κ2) is 7.39. The van der Waals surface area contributed by atoms with Crippen LogP contribution < -0.4 is 11.4 Å². The molecule has 1 aromatic carbocycles. The van der Waals surface area contributed by atoms with Crippen LogP contribution in [0.5, 0.6) is 0 Å². The minimum Gasteiger partial charge on any atom is -0.326 e. The minimum absolute atomic E-state index is 0.0418. The Bertz CT molecular complexity index is 847. The van der Waals surface area contributed by atoms with E-state index < -0.39 is 0 Å². The molecule has 2 aromatic rings. The first-order chi connectivity index (χ1) is 12.3. The Morgan fingerprint density at radius 3 is 2.46 bits per heavy atom. The van der Waals surface area contributed by atoms with Gasteiger partial charge < -0.3 is 5.73 Å². The highest BCUT2D eigenvalue weighted by Gasteiger charge is 2.37. The van der Waals surface area contributed by atoms with Crippen molar-refractivity contribution in [2.24, 2.45) is 29.4 Å². The van der Waals surface area contributed by atoms with Gasteiger partial charge in [0.1, 0.15) is 0 Å². The number of hydrogen-bond acceptors (Lipinski definition) is 3. The molecule has 0 bridgehead atoms. The summed E-state index contributed by atoms with van der Waals surface area (Å²) in [4.78, 5) is 26.6. The summed E-state index contributed by atoms with van der Waals surface area (Å²) in [6.45, 7) is 8.86. The SMILES string of the molecule is CC(C)[C@@H]1CC[C@@H](C)C[C@H]1C(=O)n1c(=O)n(C[C@@H](C)N)c2ccccc21. The van der Waals surface area contributed by atoms with Crippen molar-refractivity contribution >= 4 is 16.9 Å². The van der Waals surface area contributed by atoms with Crippen molar-refractivity contribution in [3.63, 3.8) is 0 Å². The summed E-state index contributed by atoms with van der Waals surface area (Å²) in [6, 6.07) is 7.38. The molecular weight excluding hydrogens is 326 g/mol. The van der Waals surface area contributed by atoms with E-state index in [0.717, 1.165) is 24.8 Å². The van der Waals surface area contributed by atoms with Gasteiger partial charge in [0.05, 0.1) is 11.0 Å². The summed E-state index contributed by atoms with van der Waals surface area (Å²) in [5, 5.41) is 0. The topological polar surface area (TPSA) is 70.0 Å². The molecule has 3 rings (SSSR count). The molecule has 1 aliphatic carbocycles. The van der Waals surface area contributed by atoms with Crippen LogP contribution in [0.1, 0.15) is 51.8 Å². The van der Waals surface area contributed by atoms with Crippen molar-refractivity contribution in [2.45, 2.75) is 59.5 Å². The van der Waals surface area contributed by atoms with E-state index in [1.54, 1.807) is 4.57 Å². The fourth-order valence-corrected chi connectivity index (χ4v) is 4.54. The summed E-state index contributed by atoms with van der Waals surface area (Å²) in [6.07, 6.45) is 3.08. The quantitative estimate of drug-likeness (QED) is 0.910. The first-order valence-electron chi connectivity index (χ1n) is 9.81. The van der Waals surface area contributed by atoms with Gasteiger partial charge in [-0.2, -0.15) is 0 Å². The highest BCUT2D eigenvalue weighted by Crippen LogP contribution is 2.39. The van der Waals surface area contributed by atoms with Crippen LogP contribution in [-0.2, 0) is 6.54 Å². The van der Waals surface area contributed by atoms with Crippen molar-refractivity contribution < 1.29 is 4.79 Å². The number of para-hydroxylation sites is 2. The maximum atomic E-state index is 13.5. The lowest BCUT2D eigenvalue weighted by Gasteiger charge is -2.36. The third kappa shape index (κ3) is 3.37. The Morgan fingerprint density at radius 1 is 1.19 bits per heavy atom. The van der Waals surface area contributed by atoms with Crippen LogP contribution in [0, 0.1) is 23.7 Å². The van der Waals surface area contributed by atoms with Crippen molar-refractivity contribution in [1.82, 2.24) is 9.13 Å². The van der Waals surface area contributed by atoms with Crippen LogP contribution in [0.4, 0.5) is 0 Å². The third-order valence-electron chi connectivity index (χ3n) is 5.87. The smallest absolute Gasteiger partial charge is 0.326 e. The van der Waals surface area contributed by atoms with Crippen molar-refractivity contribution in [3.8, 4) is 0 Å². The molecule has 5 nitrogen and oxygen atoms in total. The summed E-state index contributed by atoms with van der Waals surface area (Å²) >= 11 is 0. The third-order valence-corrected chi connectivity index (χ3v) is 5.87. The number of benzene rings is 1. The van der Waals surface area contributed by atoms with Crippen LogP contribution in [0.15, 0.2) is 29.1 Å². The Hall–Kier alpha value is -1.88. The molecule has 2 N–H and O–H groups in total. The lowest BCUT2D eigenvalue weighted by Crippen LogP contribution is -2.41. The van der Waals surface area contributed by atoms with Gasteiger partial charge in [-0.15, -0.1) is 0 Å². The fourth-order valence-electron chi connectivity index (χ4n) is 4.54. The Kier molecular flexibility index (Phi) is 5.37. The van der Waals surface area contributed by atoms with Gasteiger partial charge in [0.15, 0.2) is 0 Å². The number of aromatic nitrogens is 2. The molecule has 4 atom stereocenters. The number of carbonyl (C=O) groups excluding carboxylic acids is 1. The van der Waals surface area contributed by atoms with Gasteiger partial charge in [0.2, 0.25) is 5.91 Å². The Labute approximate surface area is 155 Å². The lowest BCUT2D eigenvalue weighted by atomic mass is 9.69. The predicted octanol–water partition coefficient (Wildman–Crippen LogP) is 3.50. The Balaban J connectivity index is 2.10. The van der Waals surface area contributed by atoms with Crippen LogP contribution in [0.25, 0.3) is 11.0 Å². The fraction of sp³-hybridized carbons (Fsp3) is 0.619. The van der Waals surface area contributed by atoms with Gasteiger partial charge >= 0.3 is 5.69 Å². The Morgan fingerprint density at radius 2 is 1.85 bits per heavy atom. The van der Waals surface area contributed by atoms with Gasteiger partial charge in [-0.05, 0) is 49.7 Å². The number of carbonyl (C=O) groups is 1. The summed E-state index contributed by atoms with van der Waals surface area (Å²) in [7, 11) is 0. The van der Waals surface area contributed by atoms with Crippen LogP contribution in [0.2, 0.25) is 0 Å². The standard InChI is InChI=1S/C21H31N3O2/c1-13(2)16-10-9-14(3)11-17(16)20(25)24-19-8-6-5-7-18(19)23(21(24)26)12-15(4)22/h5-8,13-17H,9-12,22H2,1-4H3/t14-,15-,16+,17-/m1/s1. The highest BCUT2D eigenvalue weighted by atomic mass is 16.2. The second-order valence-electron chi connectivity index (χ2n) is 8.47. The molecule has 5 heteroatoms. The molecule has 0 unspecified atom stereocenters. The molecule has 0 spiro atoms. The van der Waals surface area contributed by atoms with E-state index in [1.807, 2.05) is 31.2 Å². The zero-order chi connectivity index (χ0) is 19.0. The summed E-state index contributed by atoms with van der Waals surface area (Å²) < 4.78 is 3.06. The van der Waals surface area contributed by atoms with Crippen LogP contribution in [0.3, 0.4) is 0 Å². The number of imidazole rings is 1. The zero-order valence-electron chi connectivity index (χ0n) is 16.3. The number of rotatable bonds is 4. The van der Waals surface area contributed by atoms with Crippen molar-refractivity contribution in [3.05, 3.63) is 34.7 Å². The molecule has 0 aliphatic heterocycles. The van der Waals surface area contributed by atoms with Gasteiger partial charge in [0.25, 0.3) is 0 Å². The van der Waals surface area contributed by atoms with E-state index >= 15 is 0 Å². The molecule has 1 fully saturated rings. The summed E-state index contributed by atoms with van der Waals surface area (Å²) in [5.41, 5.74) is 7.17. The normalized spacial score (nSPS) is 24.9. The molecule has 1 heterocycles. The molecule has 1 aliphatic rings. The number of nitrogens with two attached hydrogens (primary N) is 1. The molecule has 0 amide bonds. The largest absolute Gasteiger partial charge is 0.336 e. The van der Waals surface area contributed by atoms with Gasteiger partial charge in [-0.3, -0.25) is 9.36 Å². The van der Waals surface area contributed by atoms with E-state index in [4.69, 9.17) is 5.73 Å². The lowest BCUT2D eigenvalue weighted by molar-refractivity contribution is 0.0633. The monoisotopic (exact) mass is 357 g/mol. The number of hydrogen-bond donors (Lipinski definition) is 1. The number of fused-ring (bicyclic) bond motifs is 1.